The van der Waals surface area contributed by atoms with Gasteiger partial charge in [0.25, 0.3) is 0 Å². The van der Waals surface area contributed by atoms with Crippen molar-refractivity contribution in [1.82, 2.24) is 4.90 Å². The Bertz CT molecular complexity index is 245. The molecule has 1 fully saturated rings. The van der Waals surface area contributed by atoms with Crippen LogP contribution in [-0.2, 0) is 9.53 Å². The van der Waals surface area contributed by atoms with E-state index in [9.17, 15) is 4.79 Å². The largest absolute Gasteiger partial charge is 0.466 e. The molecule has 0 aromatic heterocycles. The molecular weight excluding hydrogens is 202 g/mol. The van der Waals surface area contributed by atoms with E-state index >= 15 is 0 Å². The molecule has 1 saturated heterocycles. The third-order valence-corrected chi connectivity index (χ3v) is 2.95. The molecule has 2 atom stereocenters. The van der Waals surface area contributed by atoms with E-state index in [0.29, 0.717) is 12.6 Å². The van der Waals surface area contributed by atoms with Gasteiger partial charge in [-0.1, -0.05) is 12.2 Å². The van der Waals surface area contributed by atoms with Gasteiger partial charge in [0.1, 0.15) is 0 Å². The minimum Gasteiger partial charge on any atom is -0.466 e. The summed E-state index contributed by atoms with van der Waals surface area (Å²) >= 11 is 0. The first-order valence-electron chi connectivity index (χ1n) is 5.85. The van der Waals surface area contributed by atoms with Crippen LogP contribution in [0.4, 0.5) is 0 Å². The number of nitrogens with zero attached hydrogens (tertiary/aromatic N) is 1. The van der Waals surface area contributed by atoms with Gasteiger partial charge in [-0.3, -0.25) is 9.69 Å². The van der Waals surface area contributed by atoms with Crippen LogP contribution in [0.25, 0.3) is 0 Å². The van der Waals surface area contributed by atoms with Gasteiger partial charge in [0.15, 0.2) is 0 Å². The second-order valence-electron chi connectivity index (χ2n) is 4.11. The Kier molecular flexibility index (Phi) is 5.26. The zero-order chi connectivity index (χ0) is 12.0. The van der Waals surface area contributed by atoms with Gasteiger partial charge < -0.3 is 4.74 Å². The van der Waals surface area contributed by atoms with Crippen LogP contribution in [0.3, 0.4) is 0 Å². The minimum atomic E-state index is -0.0666. The Balaban J connectivity index is 2.56. The number of hydrogen-bond acceptors (Lipinski definition) is 3. The lowest BCUT2D eigenvalue weighted by molar-refractivity contribution is -0.147. The highest BCUT2D eigenvalue weighted by molar-refractivity contribution is 5.73. The molecule has 1 rings (SSSR count). The van der Waals surface area contributed by atoms with Gasteiger partial charge in [-0.2, -0.15) is 0 Å². The Morgan fingerprint density at radius 3 is 2.81 bits per heavy atom. The van der Waals surface area contributed by atoms with Crippen molar-refractivity contribution < 1.29 is 9.53 Å². The van der Waals surface area contributed by atoms with Crippen LogP contribution in [0.2, 0.25) is 0 Å². The lowest BCUT2D eigenvalue weighted by Crippen LogP contribution is -2.29. The first-order valence-corrected chi connectivity index (χ1v) is 5.85. The minimum absolute atomic E-state index is 0.0184. The van der Waals surface area contributed by atoms with Gasteiger partial charge in [0.05, 0.1) is 12.5 Å². The molecule has 16 heavy (non-hydrogen) atoms. The third kappa shape index (κ3) is 3.20. The molecule has 0 amide bonds. The summed E-state index contributed by atoms with van der Waals surface area (Å²) in [5, 5.41) is 0. The van der Waals surface area contributed by atoms with Crippen molar-refractivity contribution in [2.45, 2.75) is 25.8 Å². The van der Waals surface area contributed by atoms with E-state index in [1.807, 2.05) is 19.1 Å². The average Bonchev–Trinajstić information content (AvgIpc) is 2.64. The zero-order valence-corrected chi connectivity index (χ0v) is 10.0. The van der Waals surface area contributed by atoms with Crippen molar-refractivity contribution in [1.29, 1.82) is 0 Å². The number of ether oxygens (including phenoxy) is 1. The molecule has 0 aromatic carbocycles. The Hall–Kier alpha value is -1.09. The van der Waals surface area contributed by atoms with Gasteiger partial charge in [0.2, 0.25) is 0 Å². The second kappa shape index (κ2) is 6.48. The van der Waals surface area contributed by atoms with E-state index in [-0.39, 0.29) is 11.9 Å². The van der Waals surface area contributed by atoms with E-state index < -0.39 is 0 Å². The molecule has 3 heteroatoms. The smallest absolute Gasteiger partial charge is 0.310 e. The predicted octanol–water partition coefficient (Wildman–Crippen LogP) is 2.00. The lowest BCUT2D eigenvalue weighted by Gasteiger charge is -2.21. The maximum Gasteiger partial charge on any atom is 0.310 e. The molecule has 90 valence electrons. The number of likely N-dealkylation sites (tertiary alicyclic amines) is 1. The molecule has 0 aromatic rings. The number of esters is 1. The molecule has 1 heterocycles. The maximum absolute atomic E-state index is 11.6. The number of carbonyl (C=O) groups excluding carboxylic acids is 1. The van der Waals surface area contributed by atoms with E-state index in [1.54, 1.807) is 0 Å². The first kappa shape index (κ1) is 13.0. The van der Waals surface area contributed by atoms with E-state index in [2.05, 4.69) is 18.1 Å². The van der Waals surface area contributed by atoms with Gasteiger partial charge in [-0.25, -0.2) is 0 Å². The Morgan fingerprint density at radius 1 is 1.50 bits per heavy atom. The zero-order valence-electron chi connectivity index (χ0n) is 10.0. The lowest BCUT2D eigenvalue weighted by atomic mass is 10.0. The second-order valence-corrected chi connectivity index (χ2v) is 4.11. The van der Waals surface area contributed by atoms with Gasteiger partial charge in [-0.05, 0) is 19.8 Å². The quantitative estimate of drug-likeness (QED) is 0.509. The van der Waals surface area contributed by atoms with Crippen LogP contribution in [0.1, 0.15) is 19.8 Å². The molecule has 1 aliphatic heterocycles. The Labute approximate surface area is 97.8 Å². The third-order valence-electron chi connectivity index (χ3n) is 2.95. The highest BCUT2D eigenvalue weighted by Crippen LogP contribution is 2.26. The standard InChI is InChI=1S/C13H21NO2/c1-4-7-12-9-11(13(15)16-6-3)10-14(12)8-5-2/h4-5,11-12H,1-2,6-10H2,3H3. The van der Waals surface area contributed by atoms with E-state index in [4.69, 9.17) is 4.74 Å². The van der Waals surface area contributed by atoms with E-state index in [0.717, 1.165) is 25.9 Å². The summed E-state index contributed by atoms with van der Waals surface area (Å²) in [6.45, 7) is 11.4. The summed E-state index contributed by atoms with van der Waals surface area (Å²) in [5.74, 6) is -0.0482. The SMILES string of the molecule is C=CCC1CC(C(=O)OCC)CN1CC=C. The van der Waals surface area contributed by atoms with Crippen LogP contribution in [0, 0.1) is 5.92 Å². The topological polar surface area (TPSA) is 29.5 Å². The molecular formula is C13H21NO2. The van der Waals surface area contributed by atoms with Crippen molar-refractivity contribution in [3.8, 4) is 0 Å². The molecule has 0 aliphatic carbocycles. The fraction of sp³-hybridized carbons (Fsp3) is 0.615. The number of carbonyl (C=O) groups is 1. The maximum atomic E-state index is 11.6. The molecule has 0 bridgehead atoms. The van der Waals surface area contributed by atoms with Crippen LogP contribution >= 0.6 is 0 Å². The molecule has 0 saturated carbocycles. The summed E-state index contributed by atoms with van der Waals surface area (Å²) in [7, 11) is 0. The summed E-state index contributed by atoms with van der Waals surface area (Å²) < 4.78 is 5.06. The molecule has 0 spiro atoms. The van der Waals surface area contributed by atoms with Crippen molar-refractivity contribution in [3.05, 3.63) is 25.3 Å². The predicted molar refractivity (Wildman–Crippen MR) is 65.1 cm³/mol. The van der Waals surface area contributed by atoms with Crippen LogP contribution in [-0.4, -0.2) is 36.6 Å². The highest BCUT2D eigenvalue weighted by Gasteiger charge is 2.35. The number of hydrogen-bond donors (Lipinski definition) is 0. The summed E-state index contributed by atoms with van der Waals surface area (Å²) in [6, 6.07) is 0.407. The number of rotatable bonds is 6. The average molecular weight is 223 g/mol. The van der Waals surface area contributed by atoms with Crippen LogP contribution in [0.15, 0.2) is 25.3 Å². The molecule has 0 radical (unpaired) electrons. The van der Waals surface area contributed by atoms with Crippen molar-refractivity contribution in [3.63, 3.8) is 0 Å². The molecule has 0 N–H and O–H groups in total. The summed E-state index contributed by atoms with van der Waals surface area (Å²) in [6.07, 6.45) is 5.58. The van der Waals surface area contributed by atoms with Crippen LogP contribution < -0.4 is 0 Å². The van der Waals surface area contributed by atoms with Gasteiger partial charge in [0, 0.05) is 19.1 Å². The summed E-state index contributed by atoms with van der Waals surface area (Å²) in [5.41, 5.74) is 0. The molecule has 2 unspecified atom stereocenters. The van der Waals surface area contributed by atoms with Gasteiger partial charge >= 0.3 is 5.97 Å². The first-order chi connectivity index (χ1) is 7.72. The monoisotopic (exact) mass is 223 g/mol. The fourth-order valence-corrected chi connectivity index (χ4v) is 2.24. The van der Waals surface area contributed by atoms with E-state index in [1.165, 1.54) is 0 Å². The highest BCUT2D eigenvalue weighted by atomic mass is 16.5. The molecule has 1 aliphatic rings. The molecule has 3 nitrogen and oxygen atoms in total. The Morgan fingerprint density at radius 2 is 2.25 bits per heavy atom. The normalized spacial score (nSPS) is 25.3. The summed E-state index contributed by atoms with van der Waals surface area (Å²) in [4.78, 5) is 13.9. The fourth-order valence-electron chi connectivity index (χ4n) is 2.24. The van der Waals surface area contributed by atoms with Gasteiger partial charge in [-0.15, -0.1) is 13.2 Å². The van der Waals surface area contributed by atoms with Crippen molar-refractivity contribution in [2.75, 3.05) is 19.7 Å². The van der Waals surface area contributed by atoms with Crippen molar-refractivity contribution in [2.24, 2.45) is 5.92 Å². The van der Waals surface area contributed by atoms with Crippen LogP contribution in [0.5, 0.6) is 0 Å². The van der Waals surface area contributed by atoms with Crippen molar-refractivity contribution >= 4 is 5.97 Å².